The summed E-state index contributed by atoms with van der Waals surface area (Å²) in [6, 6.07) is 6.62. The fourth-order valence-corrected chi connectivity index (χ4v) is 9.04. The van der Waals surface area contributed by atoms with Gasteiger partial charge in [0.1, 0.15) is 29.7 Å². The van der Waals surface area contributed by atoms with E-state index in [-0.39, 0.29) is 34.8 Å². The third-order valence-corrected chi connectivity index (χ3v) is 11.9. The maximum atomic E-state index is 14.3. The molecule has 0 N–H and O–H groups in total. The Kier molecular flexibility index (Phi) is 10.5. The van der Waals surface area contributed by atoms with Crippen LogP contribution in [0.15, 0.2) is 43.0 Å². The molecule has 53 heavy (non-hydrogen) atoms. The molecule has 12 nitrogen and oxygen atoms in total. The Balaban J connectivity index is 0.843. The second-order valence-corrected chi connectivity index (χ2v) is 15.8. The van der Waals surface area contributed by atoms with Crippen LogP contribution in [0.4, 0.5) is 10.2 Å². The minimum absolute atomic E-state index is 0.0372. The summed E-state index contributed by atoms with van der Waals surface area (Å²) < 4.78 is 33.1. The number of halogens is 1. The van der Waals surface area contributed by atoms with Crippen LogP contribution < -0.4 is 14.4 Å². The first-order valence-corrected chi connectivity index (χ1v) is 19.5. The van der Waals surface area contributed by atoms with Crippen LogP contribution >= 0.6 is 0 Å². The quantitative estimate of drug-likeness (QED) is 0.264. The predicted molar refractivity (Wildman–Crippen MR) is 199 cm³/mol. The van der Waals surface area contributed by atoms with Gasteiger partial charge < -0.3 is 28.9 Å². The molecule has 1 saturated carbocycles. The van der Waals surface area contributed by atoms with E-state index < -0.39 is 5.82 Å². The van der Waals surface area contributed by atoms with Crippen molar-refractivity contribution >= 4 is 11.7 Å². The van der Waals surface area contributed by atoms with Crippen LogP contribution in [0.5, 0.6) is 17.2 Å². The third kappa shape index (κ3) is 7.71. The van der Waals surface area contributed by atoms with Crippen molar-refractivity contribution in [2.45, 2.75) is 71.2 Å². The van der Waals surface area contributed by atoms with E-state index in [1.165, 1.54) is 42.2 Å². The van der Waals surface area contributed by atoms with Gasteiger partial charge in [-0.2, -0.15) is 0 Å². The van der Waals surface area contributed by atoms with Crippen LogP contribution in [0, 0.1) is 11.2 Å². The van der Waals surface area contributed by atoms with Crippen LogP contribution in [0.3, 0.4) is 0 Å². The molecule has 1 atom stereocenters. The molecule has 1 amide bonds. The number of pyridine rings is 1. The van der Waals surface area contributed by atoms with Gasteiger partial charge in [-0.15, -0.1) is 0 Å². The molecule has 284 valence electrons. The summed E-state index contributed by atoms with van der Waals surface area (Å²) >= 11 is 0. The van der Waals surface area contributed by atoms with E-state index in [0.29, 0.717) is 24.2 Å². The Morgan fingerprint density at radius 2 is 1.91 bits per heavy atom. The van der Waals surface area contributed by atoms with Gasteiger partial charge in [0.2, 0.25) is 0 Å². The number of ether oxygens (including phenoxy) is 3. The van der Waals surface area contributed by atoms with E-state index in [9.17, 15) is 9.18 Å². The maximum Gasteiger partial charge on any atom is 0.257 e. The van der Waals surface area contributed by atoms with Crippen LogP contribution in [0.25, 0.3) is 0 Å². The molecule has 8 rings (SSSR count). The molecule has 0 bridgehead atoms. The lowest BCUT2D eigenvalue weighted by molar-refractivity contribution is -0.0450. The summed E-state index contributed by atoms with van der Waals surface area (Å²) in [5.74, 6) is 1.61. The monoisotopic (exact) mass is 728 g/mol. The lowest BCUT2D eigenvalue weighted by Crippen LogP contribution is -2.65. The first-order chi connectivity index (χ1) is 25.8. The molecule has 1 spiro atoms. The maximum absolute atomic E-state index is 14.3. The molecule has 1 aromatic carbocycles. The highest BCUT2D eigenvalue weighted by molar-refractivity contribution is 5.97. The second kappa shape index (κ2) is 15.4. The minimum atomic E-state index is -0.489. The Morgan fingerprint density at radius 1 is 1.06 bits per heavy atom. The topological polar surface area (TPSA) is 99.6 Å². The number of amides is 1. The van der Waals surface area contributed by atoms with Gasteiger partial charge in [0.15, 0.2) is 11.6 Å². The number of carbonyl (C=O) groups is 1. The van der Waals surface area contributed by atoms with Gasteiger partial charge in [0.25, 0.3) is 5.91 Å². The number of morpholine rings is 1. The van der Waals surface area contributed by atoms with E-state index in [1.54, 1.807) is 11.1 Å². The number of hydrogen-bond acceptors (Lipinski definition) is 11. The summed E-state index contributed by atoms with van der Waals surface area (Å²) in [6.45, 7) is 18.4. The Labute approximate surface area is 312 Å². The zero-order chi connectivity index (χ0) is 36.5. The lowest BCUT2D eigenvalue weighted by Gasteiger charge is -2.59. The fraction of sp³-hybridized carbons (Fsp3) is 0.600. The number of rotatable bonds is 12. The standard InChI is InChI=1S/C40H53FN8O4/c1-4-49(28(2)3)39(50)32-18-29(41)6-7-35(32)53-37-21-42-27-44-38(37)48-25-40(26-48)19-31(20-40)52-36-8-10-43-34-9-13-45(23-33(34)36)11-5-12-46-14-15-47-16-17-51-24-30(47)22-46/h6-8,10,18,21,27-28,30-31H,4-5,9,11-17,19-20,22-26H2,1-3H3/t30-/m1/s1. The number of hydrogen-bond donors (Lipinski definition) is 0. The second-order valence-electron chi connectivity index (χ2n) is 15.8. The zero-order valence-corrected chi connectivity index (χ0v) is 31.4. The number of piperazine rings is 1. The molecular formula is C40H53FN8O4. The van der Waals surface area contributed by atoms with E-state index in [1.807, 2.05) is 33.0 Å². The molecule has 1 aliphatic carbocycles. The highest BCUT2D eigenvalue weighted by atomic mass is 19.1. The van der Waals surface area contributed by atoms with Crippen molar-refractivity contribution in [2.24, 2.45) is 5.41 Å². The summed E-state index contributed by atoms with van der Waals surface area (Å²) in [5.41, 5.74) is 2.77. The molecule has 6 heterocycles. The fourth-order valence-electron chi connectivity index (χ4n) is 9.04. The Hall–Kier alpha value is -3.91. The average Bonchev–Trinajstić information content (AvgIpc) is 3.13. The number of nitrogens with zero attached hydrogens (tertiary/aromatic N) is 8. The summed E-state index contributed by atoms with van der Waals surface area (Å²) in [7, 11) is 0. The van der Waals surface area contributed by atoms with Gasteiger partial charge in [-0.3, -0.25) is 19.6 Å². The third-order valence-electron chi connectivity index (χ3n) is 11.9. The highest BCUT2D eigenvalue weighted by Crippen LogP contribution is 2.52. The number of fused-ring (bicyclic) bond motifs is 2. The van der Waals surface area contributed by atoms with E-state index in [0.717, 1.165) is 104 Å². The molecule has 3 aromatic rings. The highest BCUT2D eigenvalue weighted by Gasteiger charge is 2.54. The molecule has 0 radical (unpaired) electrons. The molecule has 3 saturated heterocycles. The zero-order valence-electron chi connectivity index (χ0n) is 31.4. The van der Waals surface area contributed by atoms with Crippen molar-refractivity contribution in [1.29, 1.82) is 0 Å². The number of anilines is 1. The molecular weight excluding hydrogens is 675 g/mol. The van der Waals surface area contributed by atoms with Crippen LogP contribution in [0.2, 0.25) is 0 Å². The van der Waals surface area contributed by atoms with Crippen LogP contribution in [-0.2, 0) is 17.7 Å². The summed E-state index contributed by atoms with van der Waals surface area (Å²) in [4.78, 5) is 38.6. The predicted octanol–water partition coefficient (Wildman–Crippen LogP) is 4.49. The molecule has 4 aliphatic heterocycles. The largest absolute Gasteiger partial charge is 0.490 e. The van der Waals surface area contributed by atoms with Crippen molar-refractivity contribution in [3.8, 4) is 17.2 Å². The van der Waals surface area contributed by atoms with Gasteiger partial charge >= 0.3 is 0 Å². The van der Waals surface area contributed by atoms with Crippen molar-refractivity contribution in [3.05, 3.63) is 65.6 Å². The van der Waals surface area contributed by atoms with Crippen LogP contribution in [-0.4, -0.2) is 137 Å². The van der Waals surface area contributed by atoms with Gasteiger partial charge in [-0.25, -0.2) is 14.4 Å². The number of aromatic nitrogens is 3. The SMILES string of the molecule is CCN(C(=O)c1cc(F)ccc1Oc1cncnc1N1CC2(CC(Oc3ccnc4c3CN(CCCN3CCN5CCOC[C@H]5C3)CC4)C2)C1)C(C)C. The smallest absolute Gasteiger partial charge is 0.257 e. The first kappa shape index (κ1) is 36.1. The van der Waals surface area contributed by atoms with E-state index in [2.05, 4.69) is 29.6 Å². The summed E-state index contributed by atoms with van der Waals surface area (Å²) in [5, 5.41) is 0. The number of benzene rings is 1. The van der Waals surface area contributed by atoms with Gasteiger partial charge in [0, 0.05) is 100 Å². The van der Waals surface area contributed by atoms with E-state index >= 15 is 0 Å². The minimum Gasteiger partial charge on any atom is -0.490 e. The van der Waals surface area contributed by atoms with Gasteiger partial charge in [-0.05, 0) is 77.4 Å². The molecule has 0 unspecified atom stereocenters. The van der Waals surface area contributed by atoms with Gasteiger partial charge in [0.05, 0.1) is 25.0 Å². The van der Waals surface area contributed by atoms with Crippen molar-refractivity contribution in [2.75, 3.05) is 83.6 Å². The normalized spacial score (nSPS) is 21.8. The van der Waals surface area contributed by atoms with Crippen LogP contribution in [0.1, 0.15) is 61.6 Å². The molecule has 2 aromatic heterocycles. The van der Waals surface area contributed by atoms with Crippen molar-refractivity contribution in [1.82, 2.24) is 34.6 Å². The Morgan fingerprint density at radius 3 is 2.74 bits per heavy atom. The van der Waals surface area contributed by atoms with Gasteiger partial charge in [-0.1, -0.05) is 0 Å². The van der Waals surface area contributed by atoms with Crippen molar-refractivity contribution < 1.29 is 23.4 Å². The molecule has 4 fully saturated rings. The molecule has 5 aliphatic rings. The average molecular weight is 729 g/mol. The van der Waals surface area contributed by atoms with Crippen molar-refractivity contribution in [3.63, 3.8) is 0 Å². The summed E-state index contributed by atoms with van der Waals surface area (Å²) in [6.07, 6.45) is 9.26. The number of carbonyl (C=O) groups excluding carboxylic acids is 1. The lowest BCUT2D eigenvalue weighted by atomic mass is 9.61. The first-order valence-electron chi connectivity index (χ1n) is 19.5. The van der Waals surface area contributed by atoms with E-state index in [4.69, 9.17) is 19.2 Å². The molecule has 13 heteroatoms. The Bertz CT molecular complexity index is 1760.